The summed E-state index contributed by atoms with van der Waals surface area (Å²) < 4.78 is 23.1. The number of methoxy groups -OCH3 is 1. The molecule has 0 aliphatic carbocycles. The minimum absolute atomic E-state index is 0. The second-order valence-electron chi connectivity index (χ2n) is 5.70. The Morgan fingerprint density at radius 2 is 1.89 bits per heavy atom. The maximum Gasteiger partial charge on any atom is 0.195 e. The number of halogens is 1. The van der Waals surface area contributed by atoms with E-state index in [0.717, 1.165) is 11.3 Å². The van der Waals surface area contributed by atoms with Gasteiger partial charge < -0.3 is 20.1 Å². The van der Waals surface area contributed by atoms with Gasteiger partial charge in [0, 0.05) is 47.7 Å². The van der Waals surface area contributed by atoms with Gasteiger partial charge in [-0.2, -0.15) is 0 Å². The second-order valence-corrected chi connectivity index (χ2v) is 7.27. The van der Waals surface area contributed by atoms with Gasteiger partial charge in [-0.25, -0.2) is 0 Å². The van der Waals surface area contributed by atoms with Crippen molar-refractivity contribution in [2.45, 2.75) is 12.7 Å². The van der Waals surface area contributed by atoms with Crippen molar-refractivity contribution >= 4 is 46.4 Å². The summed E-state index contributed by atoms with van der Waals surface area (Å²) in [7, 11) is 2.38. The number of hydrogen-bond donors (Lipinski definition) is 2. The average Bonchev–Trinajstić information content (AvgIpc) is 2.69. The van der Waals surface area contributed by atoms with E-state index in [1.807, 2.05) is 55.5 Å². The summed E-state index contributed by atoms with van der Waals surface area (Å²) in [5.41, 5.74) is 1.91. The van der Waals surface area contributed by atoms with E-state index in [2.05, 4.69) is 15.6 Å². The summed E-state index contributed by atoms with van der Waals surface area (Å²) in [6, 6.07) is 15.5. The van der Waals surface area contributed by atoms with E-state index in [9.17, 15) is 4.21 Å². The number of nitrogens with one attached hydrogen (secondary N) is 2. The van der Waals surface area contributed by atoms with E-state index in [1.165, 1.54) is 0 Å². The van der Waals surface area contributed by atoms with Crippen molar-refractivity contribution in [1.82, 2.24) is 5.32 Å². The number of ether oxygens (including phenoxy) is 2. The lowest BCUT2D eigenvalue weighted by atomic mass is 10.2. The standard InChI is InChI=1S/C20H27N3O3S.HI/c1-4-26-18-11-10-17(14-19(18)25-3)23-20(21-2)22-12-13-27(24)15-16-8-6-5-7-9-16;/h5-11,14H,4,12-13,15H2,1-3H3,(H2,21,22,23);1H. The molecule has 2 aromatic carbocycles. The number of guanidine groups is 1. The van der Waals surface area contributed by atoms with Crippen molar-refractivity contribution in [2.24, 2.45) is 4.99 Å². The lowest BCUT2D eigenvalue weighted by Crippen LogP contribution is -2.33. The van der Waals surface area contributed by atoms with Crippen LogP contribution in [0.3, 0.4) is 0 Å². The predicted octanol–water partition coefficient (Wildman–Crippen LogP) is 3.65. The van der Waals surface area contributed by atoms with Crippen LogP contribution in [-0.2, 0) is 16.6 Å². The second kappa shape index (κ2) is 13.4. The monoisotopic (exact) mass is 517 g/mol. The van der Waals surface area contributed by atoms with Crippen molar-refractivity contribution in [3.05, 3.63) is 54.1 Å². The molecule has 0 bridgehead atoms. The van der Waals surface area contributed by atoms with Crippen LogP contribution in [-0.4, -0.2) is 43.2 Å². The fourth-order valence-corrected chi connectivity index (χ4v) is 3.49. The Morgan fingerprint density at radius 3 is 2.54 bits per heavy atom. The zero-order valence-electron chi connectivity index (χ0n) is 16.4. The first-order valence-corrected chi connectivity index (χ1v) is 10.3. The highest BCUT2D eigenvalue weighted by atomic mass is 127. The number of aliphatic imine (C=N–C) groups is 1. The normalized spacial score (nSPS) is 11.9. The molecule has 1 unspecified atom stereocenters. The number of rotatable bonds is 9. The maximum atomic E-state index is 12.2. The number of hydrogen-bond acceptors (Lipinski definition) is 4. The Morgan fingerprint density at radius 1 is 1.14 bits per heavy atom. The summed E-state index contributed by atoms with van der Waals surface area (Å²) in [5.74, 6) is 3.07. The van der Waals surface area contributed by atoms with Gasteiger partial charge in [0.05, 0.1) is 13.7 Å². The van der Waals surface area contributed by atoms with Gasteiger partial charge in [-0.05, 0) is 24.6 Å². The topological polar surface area (TPSA) is 72.0 Å². The van der Waals surface area contributed by atoms with E-state index in [4.69, 9.17) is 9.47 Å². The van der Waals surface area contributed by atoms with Gasteiger partial charge >= 0.3 is 0 Å². The Balaban J connectivity index is 0.00000392. The van der Waals surface area contributed by atoms with Crippen molar-refractivity contribution in [3.63, 3.8) is 0 Å². The molecule has 0 aliphatic rings. The van der Waals surface area contributed by atoms with Crippen LogP contribution in [0.5, 0.6) is 11.5 Å². The fourth-order valence-electron chi connectivity index (χ4n) is 2.45. The van der Waals surface area contributed by atoms with Crippen LogP contribution >= 0.6 is 24.0 Å². The van der Waals surface area contributed by atoms with Gasteiger partial charge in [0.1, 0.15) is 0 Å². The van der Waals surface area contributed by atoms with Crippen LogP contribution in [0.1, 0.15) is 12.5 Å². The van der Waals surface area contributed by atoms with Gasteiger partial charge in [0.25, 0.3) is 0 Å². The zero-order chi connectivity index (χ0) is 19.5. The summed E-state index contributed by atoms with van der Waals surface area (Å²) >= 11 is 0. The lowest BCUT2D eigenvalue weighted by Gasteiger charge is -2.14. The maximum absolute atomic E-state index is 12.2. The van der Waals surface area contributed by atoms with E-state index in [-0.39, 0.29) is 24.0 Å². The average molecular weight is 517 g/mol. The number of nitrogens with zero attached hydrogens (tertiary/aromatic N) is 1. The van der Waals surface area contributed by atoms with E-state index in [1.54, 1.807) is 14.2 Å². The predicted molar refractivity (Wildman–Crippen MR) is 128 cm³/mol. The minimum Gasteiger partial charge on any atom is -0.493 e. The Hall–Kier alpha value is -1.81. The molecule has 2 rings (SSSR count). The number of benzene rings is 2. The summed E-state index contributed by atoms with van der Waals surface area (Å²) in [6.07, 6.45) is 0. The van der Waals surface area contributed by atoms with Gasteiger partial charge in [-0.15, -0.1) is 24.0 Å². The zero-order valence-corrected chi connectivity index (χ0v) is 19.6. The third-order valence-corrected chi connectivity index (χ3v) is 5.06. The molecule has 0 fully saturated rings. The van der Waals surface area contributed by atoms with Crippen LogP contribution in [0.2, 0.25) is 0 Å². The molecule has 28 heavy (non-hydrogen) atoms. The van der Waals surface area contributed by atoms with E-state index in [0.29, 0.717) is 42.1 Å². The Bertz CT molecular complexity index is 773. The molecule has 0 saturated carbocycles. The van der Waals surface area contributed by atoms with Crippen molar-refractivity contribution < 1.29 is 13.7 Å². The van der Waals surface area contributed by atoms with Gasteiger partial charge in [0.2, 0.25) is 0 Å². The van der Waals surface area contributed by atoms with Crippen molar-refractivity contribution in [3.8, 4) is 11.5 Å². The molecule has 0 spiro atoms. The fraction of sp³-hybridized carbons (Fsp3) is 0.350. The molecule has 0 amide bonds. The molecule has 0 aliphatic heterocycles. The molecule has 1 atom stereocenters. The van der Waals surface area contributed by atoms with Crippen LogP contribution in [0.4, 0.5) is 5.69 Å². The van der Waals surface area contributed by atoms with Gasteiger partial charge in [-0.1, -0.05) is 30.3 Å². The van der Waals surface area contributed by atoms with Crippen LogP contribution in [0.25, 0.3) is 0 Å². The molecule has 6 nitrogen and oxygen atoms in total. The molecule has 8 heteroatoms. The smallest absolute Gasteiger partial charge is 0.195 e. The molecule has 2 N–H and O–H groups in total. The van der Waals surface area contributed by atoms with E-state index >= 15 is 0 Å². The minimum atomic E-state index is -0.928. The highest BCUT2D eigenvalue weighted by Crippen LogP contribution is 2.30. The summed E-state index contributed by atoms with van der Waals surface area (Å²) in [6.45, 7) is 3.07. The molecule has 154 valence electrons. The molecule has 0 saturated heterocycles. The molecule has 2 aromatic rings. The van der Waals surface area contributed by atoms with Crippen molar-refractivity contribution in [1.29, 1.82) is 0 Å². The Kier molecular flexibility index (Phi) is 11.6. The number of anilines is 1. The van der Waals surface area contributed by atoms with Crippen LogP contribution < -0.4 is 20.1 Å². The van der Waals surface area contributed by atoms with Crippen molar-refractivity contribution in [2.75, 3.05) is 38.4 Å². The highest BCUT2D eigenvalue weighted by Gasteiger charge is 2.07. The largest absolute Gasteiger partial charge is 0.493 e. The first kappa shape index (κ1) is 24.2. The summed E-state index contributed by atoms with van der Waals surface area (Å²) in [4.78, 5) is 4.20. The Labute approximate surface area is 186 Å². The quantitative estimate of drug-likeness (QED) is 0.302. The molecule has 0 aromatic heterocycles. The molecular formula is C20H28IN3O3S. The molecule has 0 radical (unpaired) electrons. The van der Waals surface area contributed by atoms with Crippen LogP contribution in [0, 0.1) is 0 Å². The first-order valence-electron chi connectivity index (χ1n) is 8.83. The first-order chi connectivity index (χ1) is 13.2. The lowest BCUT2D eigenvalue weighted by molar-refractivity contribution is 0.311. The molecule has 0 heterocycles. The highest BCUT2D eigenvalue weighted by molar-refractivity contribution is 14.0. The van der Waals surface area contributed by atoms with Gasteiger partial charge in [0.15, 0.2) is 17.5 Å². The third-order valence-electron chi connectivity index (χ3n) is 3.74. The van der Waals surface area contributed by atoms with Crippen LogP contribution in [0.15, 0.2) is 53.5 Å². The SMILES string of the molecule is CCOc1ccc(NC(=NC)NCCS(=O)Cc2ccccc2)cc1OC.I. The molecular weight excluding hydrogens is 489 g/mol. The van der Waals surface area contributed by atoms with E-state index < -0.39 is 10.8 Å². The van der Waals surface area contributed by atoms with Gasteiger partial charge in [-0.3, -0.25) is 9.20 Å². The third kappa shape index (κ3) is 8.05. The summed E-state index contributed by atoms with van der Waals surface area (Å²) in [5, 5.41) is 6.39.